The summed E-state index contributed by atoms with van der Waals surface area (Å²) in [5.74, 6) is 0.179. The van der Waals surface area contributed by atoms with E-state index in [4.69, 9.17) is 0 Å². The highest BCUT2D eigenvalue weighted by Gasteiger charge is 2.63. The summed E-state index contributed by atoms with van der Waals surface area (Å²) >= 11 is 0. The zero-order valence-corrected chi connectivity index (χ0v) is 13.0. The lowest BCUT2D eigenvalue weighted by molar-refractivity contribution is 0.0839. The van der Waals surface area contributed by atoms with E-state index in [1.807, 2.05) is 13.8 Å². The van der Waals surface area contributed by atoms with Crippen LogP contribution < -0.4 is 4.72 Å². The van der Waals surface area contributed by atoms with Gasteiger partial charge in [-0.15, -0.1) is 0 Å². The van der Waals surface area contributed by atoms with E-state index in [9.17, 15) is 18.3 Å². The van der Waals surface area contributed by atoms with Crippen LogP contribution in [-0.4, -0.2) is 41.5 Å². The second kappa shape index (κ2) is 4.94. The number of hydrogen-bond donors (Lipinski definition) is 2. The van der Waals surface area contributed by atoms with Crippen LogP contribution in [0, 0.1) is 5.92 Å². The summed E-state index contributed by atoms with van der Waals surface area (Å²) in [6, 6.07) is 0. The third-order valence-electron chi connectivity index (χ3n) is 3.13. The number of sulfonamides is 1. The van der Waals surface area contributed by atoms with Crippen LogP contribution >= 0.6 is 0 Å². The lowest BCUT2D eigenvalue weighted by Crippen LogP contribution is -2.58. The van der Waals surface area contributed by atoms with Gasteiger partial charge in [-0.3, -0.25) is 4.90 Å². The van der Waals surface area contributed by atoms with Gasteiger partial charge in [-0.2, -0.15) is 0 Å². The van der Waals surface area contributed by atoms with Gasteiger partial charge in [-0.05, 0) is 39.5 Å². The first-order valence-corrected chi connectivity index (χ1v) is 7.95. The van der Waals surface area contributed by atoms with Crippen molar-refractivity contribution >= 4 is 16.1 Å². The first kappa shape index (κ1) is 16.2. The molecule has 7 heteroatoms. The van der Waals surface area contributed by atoms with Gasteiger partial charge in [0, 0.05) is 12.1 Å². The summed E-state index contributed by atoms with van der Waals surface area (Å²) in [4.78, 5) is 11.2. The van der Waals surface area contributed by atoms with Crippen molar-refractivity contribution in [1.29, 1.82) is 0 Å². The number of nitrogens with zero attached hydrogens (tertiary/aromatic N) is 1. The Morgan fingerprint density at radius 3 is 2.11 bits per heavy atom. The Bertz CT molecular complexity index is 447. The Morgan fingerprint density at radius 2 is 1.84 bits per heavy atom. The van der Waals surface area contributed by atoms with Gasteiger partial charge in [-0.1, -0.05) is 13.8 Å². The van der Waals surface area contributed by atoms with Gasteiger partial charge < -0.3 is 5.11 Å². The lowest BCUT2D eigenvalue weighted by Gasteiger charge is -2.39. The number of nitrogens with one attached hydrogen (secondary N) is 1. The highest BCUT2D eigenvalue weighted by Crippen LogP contribution is 2.49. The summed E-state index contributed by atoms with van der Waals surface area (Å²) in [5.41, 5.74) is -0.755. The lowest BCUT2D eigenvalue weighted by atomic mass is 10.1. The minimum absolute atomic E-state index is 0.179. The van der Waals surface area contributed by atoms with Crippen molar-refractivity contribution in [2.24, 2.45) is 5.92 Å². The average Bonchev–Trinajstić information content (AvgIpc) is 2.93. The SMILES string of the molecule is CC(C)CNS(=O)(=O)C1(N(C(=O)O)C(C)(C)C)CC1. The van der Waals surface area contributed by atoms with Crippen molar-refractivity contribution in [1.82, 2.24) is 9.62 Å². The topological polar surface area (TPSA) is 86.7 Å². The molecule has 0 aromatic carbocycles. The van der Waals surface area contributed by atoms with E-state index in [0.717, 1.165) is 4.90 Å². The first-order valence-electron chi connectivity index (χ1n) is 6.46. The van der Waals surface area contributed by atoms with Gasteiger partial charge in [0.25, 0.3) is 0 Å². The fraction of sp³-hybridized carbons (Fsp3) is 0.917. The predicted molar refractivity (Wildman–Crippen MR) is 73.3 cm³/mol. The fourth-order valence-electron chi connectivity index (χ4n) is 2.20. The monoisotopic (exact) mass is 292 g/mol. The van der Waals surface area contributed by atoms with Gasteiger partial charge >= 0.3 is 6.09 Å². The quantitative estimate of drug-likeness (QED) is 0.809. The van der Waals surface area contributed by atoms with E-state index < -0.39 is 26.5 Å². The third-order valence-corrected chi connectivity index (χ3v) is 5.27. The van der Waals surface area contributed by atoms with E-state index in [0.29, 0.717) is 19.4 Å². The molecule has 0 aromatic heterocycles. The third kappa shape index (κ3) is 3.20. The van der Waals surface area contributed by atoms with Gasteiger partial charge in [0.15, 0.2) is 4.87 Å². The second-order valence-corrected chi connectivity index (χ2v) is 8.54. The number of carboxylic acid groups (broad SMARTS) is 1. The maximum atomic E-state index is 12.4. The van der Waals surface area contributed by atoms with E-state index in [-0.39, 0.29) is 5.92 Å². The Morgan fingerprint density at radius 1 is 1.37 bits per heavy atom. The normalized spacial score (nSPS) is 18.4. The van der Waals surface area contributed by atoms with Crippen LogP contribution in [0.25, 0.3) is 0 Å². The molecular formula is C12H24N2O4S. The molecule has 6 nitrogen and oxygen atoms in total. The average molecular weight is 292 g/mol. The predicted octanol–water partition coefficient (Wildman–Crippen LogP) is 1.83. The molecule has 0 unspecified atom stereocenters. The van der Waals surface area contributed by atoms with E-state index in [1.54, 1.807) is 20.8 Å². The van der Waals surface area contributed by atoms with Crippen LogP contribution in [0.3, 0.4) is 0 Å². The van der Waals surface area contributed by atoms with Crippen molar-refractivity contribution in [3.8, 4) is 0 Å². The minimum atomic E-state index is -3.68. The fourth-order valence-corrected chi connectivity index (χ4v) is 4.26. The van der Waals surface area contributed by atoms with Gasteiger partial charge in [0.05, 0.1) is 0 Å². The van der Waals surface area contributed by atoms with Crippen molar-refractivity contribution in [2.45, 2.75) is 57.9 Å². The zero-order chi connectivity index (χ0) is 15.1. The summed E-state index contributed by atoms with van der Waals surface area (Å²) in [6.45, 7) is 9.25. The van der Waals surface area contributed by atoms with Crippen LogP contribution in [0.4, 0.5) is 4.79 Å². The van der Waals surface area contributed by atoms with Crippen molar-refractivity contribution in [2.75, 3.05) is 6.54 Å². The van der Waals surface area contributed by atoms with E-state index >= 15 is 0 Å². The molecule has 1 fully saturated rings. The number of rotatable bonds is 5. The summed E-state index contributed by atoms with van der Waals surface area (Å²) in [5, 5.41) is 9.36. The molecule has 0 aromatic rings. The Labute approximate surface area is 115 Å². The molecule has 2 N–H and O–H groups in total. The van der Waals surface area contributed by atoms with Crippen LogP contribution in [0.2, 0.25) is 0 Å². The molecule has 1 aliphatic rings. The van der Waals surface area contributed by atoms with E-state index in [2.05, 4.69) is 4.72 Å². The van der Waals surface area contributed by atoms with Crippen molar-refractivity contribution < 1.29 is 18.3 Å². The highest BCUT2D eigenvalue weighted by atomic mass is 32.2. The maximum absolute atomic E-state index is 12.4. The summed E-state index contributed by atoms with van der Waals surface area (Å²) < 4.78 is 27.3. The largest absolute Gasteiger partial charge is 0.465 e. The highest BCUT2D eigenvalue weighted by molar-refractivity contribution is 7.91. The first-order chi connectivity index (χ1) is 8.44. The van der Waals surface area contributed by atoms with Gasteiger partial charge in [-0.25, -0.2) is 17.9 Å². The molecule has 0 aliphatic heterocycles. The number of carbonyl (C=O) groups is 1. The number of amides is 1. The molecule has 0 bridgehead atoms. The van der Waals surface area contributed by atoms with Crippen LogP contribution in [0.15, 0.2) is 0 Å². The Balaban J connectivity index is 3.06. The van der Waals surface area contributed by atoms with Crippen LogP contribution in [-0.2, 0) is 10.0 Å². The van der Waals surface area contributed by atoms with Crippen molar-refractivity contribution in [3.05, 3.63) is 0 Å². The molecule has 0 heterocycles. The Kier molecular flexibility index (Phi) is 4.22. The van der Waals surface area contributed by atoms with Crippen LogP contribution in [0.1, 0.15) is 47.5 Å². The van der Waals surface area contributed by atoms with Gasteiger partial charge in [0.2, 0.25) is 10.0 Å². The molecule has 112 valence electrons. The maximum Gasteiger partial charge on any atom is 0.409 e. The molecule has 1 amide bonds. The summed E-state index contributed by atoms with van der Waals surface area (Å²) in [7, 11) is -3.68. The zero-order valence-electron chi connectivity index (χ0n) is 12.2. The second-order valence-electron chi connectivity index (χ2n) is 6.48. The van der Waals surface area contributed by atoms with Crippen LogP contribution in [0.5, 0.6) is 0 Å². The molecule has 19 heavy (non-hydrogen) atoms. The molecule has 1 rings (SSSR count). The molecule has 0 saturated heterocycles. The molecule has 1 saturated carbocycles. The standard InChI is InChI=1S/C12H24N2O4S/c1-9(2)8-13-19(17,18)12(6-7-12)14(10(15)16)11(3,4)5/h9,13H,6-8H2,1-5H3,(H,15,16). The minimum Gasteiger partial charge on any atom is -0.465 e. The van der Waals surface area contributed by atoms with Gasteiger partial charge in [0.1, 0.15) is 0 Å². The van der Waals surface area contributed by atoms with E-state index in [1.165, 1.54) is 0 Å². The smallest absolute Gasteiger partial charge is 0.409 e. The molecule has 1 aliphatic carbocycles. The summed E-state index contributed by atoms with van der Waals surface area (Å²) in [6.07, 6.45) is -0.492. The molecule has 0 atom stereocenters. The Hall–Kier alpha value is -0.820. The number of hydrogen-bond acceptors (Lipinski definition) is 3. The molecular weight excluding hydrogens is 268 g/mol. The van der Waals surface area contributed by atoms with Crippen molar-refractivity contribution in [3.63, 3.8) is 0 Å². The molecule has 0 radical (unpaired) electrons. The molecule has 0 spiro atoms.